The highest BCUT2D eigenvalue weighted by atomic mass is 32.2. The van der Waals surface area contributed by atoms with Gasteiger partial charge >= 0.3 is 6.03 Å². The van der Waals surface area contributed by atoms with Crippen LogP contribution in [-0.2, 0) is 6.54 Å². The number of carbonyl (C=O) groups excluding carboxylic acids is 1. The zero-order chi connectivity index (χ0) is 15.4. The number of hydrogen-bond donors (Lipinski definition) is 2. The predicted octanol–water partition coefficient (Wildman–Crippen LogP) is 3.05. The number of benzene rings is 1. The summed E-state index contributed by atoms with van der Waals surface area (Å²) in [6.07, 6.45) is 4.07. The lowest BCUT2D eigenvalue weighted by Gasteiger charge is -2.11. The maximum atomic E-state index is 12.1. The number of nitrogens with zero attached hydrogens (tertiary/aromatic N) is 3. The van der Waals surface area contributed by atoms with Crippen molar-refractivity contribution in [1.82, 2.24) is 20.1 Å². The van der Waals surface area contributed by atoms with Crippen molar-refractivity contribution in [2.24, 2.45) is 0 Å². The Labute approximate surface area is 133 Å². The molecule has 2 amide bonds. The molecule has 0 bridgehead atoms. The third-order valence-corrected chi connectivity index (χ3v) is 4.39. The van der Waals surface area contributed by atoms with Gasteiger partial charge in [0.15, 0.2) is 5.82 Å². The van der Waals surface area contributed by atoms with Crippen LogP contribution in [0.5, 0.6) is 0 Å². The smallest absolute Gasteiger partial charge is 0.319 e. The minimum atomic E-state index is -0.227. The lowest BCUT2D eigenvalue weighted by molar-refractivity contribution is 0.251. The lowest BCUT2D eigenvalue weighted by atomic mass is 10.3. The number of thioether (sulfide) groups is 1. The molecule has 0 saturated heterocycles. The molecule has 0 atom stereocenters. The molecule has 1 saturated carbocycles. The molecule has 1 heterocycles. The van der Waals surface area contributed by atoms with Crippen molar-refractivity contribution in [2.75, 3.05) is 11.1 Å². The van der Waals surface area contributed by atoms with E-state index in [2.05, 4.69) is 27.8 Å². The van der Waals surface area contributed by atoms with Crippen LogP contribution < -0.4 is 10.6 Å². The Bertz CT molecular complexity index is 653. The second-order valence-electron chi connectivity index (χ2n) is 5.12. The molecule has 0 radical (unpaired) electrons. The van der Waals surface area contributed by atoms with E-state index in [4.69, 9.17) is 0 Å². The SMILES string of the molecule is CCSc1ccccc1NC(=O)NCc1nncn1C1CC1. The van der Waals surface area contributed by atoms with Gasteiger partial charge in [0.2, 0.25) is 0 Å². The number of carbonyl (C=O) groups is 1. The summed E-state index contributed by atoms with van der Waals surface area (Å²) in [5.41, 5.74) is 0.829. The normalized spacial score (nSPS) is 13.9. The van der Waals surface area contributed by atoms with Crippen molar-refractivity contribution in [1.29, 1.82) is 0 Å². The second-order valence-corrected chi connectivity index (χ2v) is 6.43. The molecule has 1 fully saturated rings. The van der Waals surface area contributed by atoms with Gasteiger partial charge in [-0.1, -0.05) is 19.1 Å². The van der Waals surface area contributed by atoms with Gasteiger partial charge in [0.1, 0.15) is 6.33 Å². The fraction of sp³-hybridized carbons (Fsp3) is 0.400. The van der Waals surface area contributed by atoms with E-state index in [0.717, 1.165) is 22.2 Å². The van der Waals surface area contributed by atoms with Crippen LogP contribution in [0.15, 0.2) is 35.5 Å². The van der Waals surface area contributed by atoms with Gasteiger partial charge in [-0.15, -0.1) is 22.0 Å². The number of urea groups is 1. The maximum absolute atomic E-state index is 12.1. The zero-order valence-electron chi connectivity index (χ0n) is 12.5. The van der Waals surface area contributed by atoms with E-state index in [-0.39, 0.29) is 6.03 Å². The molecule has 3 rings (SSSR count). The number of rotatable bonds is 6. The van der Waals surface area contributed by atoms with Crippen LogP contribution in [-0.4, -0.2) is 26.5 Å². The fourth-order valence-corrected chi connectivity index (χ4v) is 2.99. The Balaban J connectivity index is 1.57. The number of anilines is 1. The molecule has 22 heavy (non-hydrogen) atoms. The topological polar surface area (TPSA) is 71.8 Å². The number of aromatic nitrogens is 3. The molecule has 2 N–H and O–H groups in total. The molecule has 6 nitrogen and oxygen atoms in total. The molecule has 1 aliphatic carbocycles. The summed E-state index contributed by atoms with van der Waals surface area (Å²) in [4.78, 5) is 13.1. The van der Waals surface area contributed by atoms with Crippen LogP contribution in [0.3, 0.4) is 0 Å². The third-order valence-electron chi connectivity index (χ3n) is 3.43. The average molecular weight is 317 g/mol. The largest absolute Gasteiger partial charge is 0.331 e. The molecule has 1 aliphatic rings. The van der Waals surface area contributed by atoms with Crippen LogP contribution in [0, 0.1) is 0 Å². The molecule has 2 aromatic rings. The predicted molar refractivity (Wildman–Crippen MR) is 87.0 cm³/mol. The summed E-state index contributed by atoms with van der Waals surface area (Å²) in [6.45, 7) is 2.47. The van der Waals surface area contributed by atoms with E-state index in [0.29, 0.717) is 12.6 Å². The Morgan fingerprint density at radius 2 is 2.23 bits per heavy atom. The minimum Gasteiger partial charge on any atom is -0.331 e. The standard InChI is InChI=1S/C15H19N5OS/c1-2-22-13-6-4-3-5-12(13)18-15(21)16-9-14-19-17-10-20(14)11-7-8-11/h3-6,10-11H,2,7-9H2,1H3,(H2,16,18,21). The maximum Gasteiger partial charge on any atom is 0.319 e. The molecule has 1 aromatic carbocycles. The van der Waals surface area contributed by atoms with Crippen LogP contribution in [0.2, 0.25) is 0 Å². The first kappa shape index (κ1) is 14.9. The molecule has 116 valence electrons. The first-order valence-corrected chi connectivity index (χ1v) is 8.41. The average Bonchev–Trinajstić information content (AvgIpc) is 3.26. The van der Waals surface area contributed by atoms with Crippen molar-refractivity contribution >= 4 is 23.5 Å². The van der Waals surface area contributed by atoms with Crippen molar-refractivity contribution < 1.29 is 4.79 Å². The summed E-state index contributed by atoms with van der Waals surface area (Å²) in [5.74, 6) is 1.76. The number of para-hydroxylation sites is 1. The van der Waals surface area contributed by atoms with Crippen LogP contribution in [0.4, 0.5) is 10.5 Å². The number of amides is 2. The Hall–Kier alpha value is -2.02. The second kappa shape index (κ2) is 6.83. The van der Waals surface area contributed by atoms with E-state index < -0.39 is 0 Å². The lowest BCUT2D eigenvalue weighted by Crippen LogP contribution is -2.29. The molecular weight excluding hydrogens is 298 g/mol. The monoisotopic (exact) mass is 317 g/mol. The highest BCUT2D eigenvalue weighted by molar-refractivity contribution is 7.99. The first-order valence-electron chi connectivity index (χ1n) is 7.43. The fourth-order valence-electron chi connectivity index (χ4n) is 2.23. The van der Waals surface area contributed by atoms with Gasteiger partial charge in [-0.2, -0.15) is 0 Å². The van der Waals surface area contributed by atoms with Gasteiger partial charge in [0.05, 0.1) is 12.2 Å². The third kappa shape index (κ3) is 3.59. The highest BCUT2D eigenvalue weighted by Gasteiger charge is 2.26. The van der Waals surface area contributed by atoms with Gasteiger partial charge < -0.3 is 15.2 Å². The van der Waals surface area contributed by atoms with Crippen molar-refractivity contribution in [2.45, 2.75) is 37.2 Å². The van der Waals surface area contributed by atoms with Crippen molar-refractivity contribution in [3.05, 3.63) is 36.4 Å². The summed E-state index contributed by atoms with van der Waals surface area (Å²) in [5, 5.41) is 13.7. The molecule has 1 aromatic heterocycles. The summed E-state index contributed by atoms with van der Waals surface area (Å²) >= 11 is 1.71. The highest BCUT2D eigenvalue weighted by Crippen LogP contribution is 2.35. The minimum absolute atomic E-state index is 0.227. The Morgan fingerprint density at radius 3 is 3.00 bits per heavy atom. The Morgan fingerprint density at radius 1 is 1.41 bits per heavy atom. The van der Waals surface area contributed by atoms with E-state index in [9.17, 15) is 4.79 Å². The molecule has 0 aliphatic heterocycles. The van der Waals surface area contributed by atoms with Crippen LogP contribution >= 0.6 is 11.8 Å². The Kier molecular flexibility index (Phi) is 4.62. The summed E-state index contributed by atoms with van der Waals surface area (Å²) < 4.78 is 2.04. The number of hydrogen-bond acceptors (Lipinski definition) is 4. The number of nitrogens with one attached hydrogen (secondary N) is 2. The van der Waals surface area contributed by atoms with Crippen LogP contribution in [0.25, 0.3) is 0 Å². The van der Waals surface area contributed by atoms with Gasteiger partial charge in [-0.3, -0.25) is 0 Å². The van der Waals surface area contributed by atoms with Gasteiger partial charge in [-0.05, 0) is 30.7 Å². The quantitative estimate of drug-likeness (QED) is 0.803. The first-order chi connectivity index (χ1) is 10.8. The molecule has 7 heteroatoms. The van der Waals surface area contributed by atoms with E-state index >= 15 is 0 Å². The van der Waals surface area contributed by atoms with Gasteiger partial charge in [0.25, 0.3) is 0 Å². The molecular formula is C15H19N5OS. The van der Waals surface area contributed by atoms with Gasteiger partial charge in [0, 0.05) is 10.9 Å². The van der Waals surface area contributed by atoms with E-state index in [1.807, 2.05) is 28.8 Å². The summed E-state index contributed by atoms with van der Waals surface area (Å²) in [6, 6.07) is 8.08. The molecule has 0 unspecified atom stereocenters. The van der Waals surface area contributed by atoms with Crippen LogP contribution in [0.1, 0.15) is 31.6 Å². The summed E-state index contributed by atoms with van der Waals surface area (Å²) in [7, 11) is 0. The van der Waals surface area contributed by atoms with E-state index in [1.165, 1.54) is 12.8 Å². The van der Waals surface area contributed by atoms with Crippen molar-refractivity contribution in [3.8, 4) is 0 Å². The zero-order valence-corrected chi connectivity index (χ0v) is 13.3. The van der Waals surface area contributed by atoms with Crippen molar-refractivity contribution in [3.63, 3.8) is 0 Å². The molecule has 0 spiro atoms. The van der Waals surface area contributed by atoms with E-state index in [1.54, 1.807) is 18.1 Å². The van der Waals surface area contributed by atoms with Gasteiger partial charge in [-0.25, -0.2) is 4.79 Å².